The molecule has 100 valence electrons. The van der Waals surface area contributed by atoms with E-state index in [0.717, 1.165) is 18.5 Å². The number of nitrogens with zero attached hydrogens (tertiary/aromatic N) is 2. The van der Waals surface area contributed by atoms with Gasteiger partial charge in [0.15, 0.2) is 0 Å². The number of hydrogen-bond acceptors (Lipinski definition) is 3. The third-order valence-electron chi connectivity index (χ3n) is 3.12. The Morgan fingerprint density at radius 2 is 2.06 bits per heavy atom. The molecular weight excluding hydrogens is 226 g/mol. The maximum absolute atomic E-state index is 12.5. The van der Waals surface area contributed by atoms with E-state index in [-0.39, 0.29) is 11.9 Å². The van der Waals surface area contributed by atoms with Gasteiger partial charge in [-0.2, -0.15) is 0 Å². The van der Waals surface area contributed by atoms with Crippen molar-refractivity contribution in [3.63, 3.8) is 0 Å². The van der Waals surface area contributed by atoms with Crippen molar-refractivity contribution >= 4 is 5.91 Å². The molecule has 0 radical (unpaired) electrons. The fourth-order valence-corrected chi connectivity index (χ4v) is 2.13. The highest BCUT2D eigenvalue weighted by atomic mass is 16.2. The van der Waals surface area contributed by atoms with E-state index in [4.69, 9.17) is 5.73 Å². The average molecular weight is 249 g/mol. The van der Waals surface area contributed by atoms with Crippen LogP contribution in [-0.2, 0) is 0 Å². The van der Waals surface area contributed by atoms with Gasteiger partial charge in [-0.3, -0.25) is 4.79 Å². The third kappa shape index (κ3) is 3.53. The lowest BCUT2D eigenvalue weighted by molar-refractivity contribution is 0.0668. The van der Waals surface area contributed by atoms with Gasteiger partial charge in [-0.25, -0.2) is 4.98 Å². The molecule has 0 spiro atoms. The Hall–Kier alpha value is -1.42. The van der Waals surface area contributed by atoms with E-state index >= 15 is 0 Å². The van der Waals surface area contributed by atoms with Crippen molar-refractivity contribution in [1.29, 1.82) is 0 Å². The molecule has 0 aliphatic heterocycles. The van der Waals surface area contributed by atoms with Gasteiger partial charge in [-0.15, -0.1) is 0 Å². The monoisotopic (exact) mass is 249 g/mol. The Morgan fingerprint density at radius 1 is 1.39 bits per heavy atom. The fourth-order valence-electron chi connectivity index (χ4n) is 2.13. The molecule has 0 unspecified atom stereocenters. The molecule has 4 heteroatoms. The highest BCUT2D eigenvalue weighted by Crippen LogP contribution is 2.12. The molecule has 1 aromatic heterocycles. The van der Waals surface area contributed by atoms with Gasteiger partial charge in [0, 0.05) is 24.8 Å². The zero-order valence-electron chi connectivity index (χ0n) is 11.5. The van der Waals surface area contributed by atoms with E-state index in [1.807, 2.05) is 24.0 Å². The molecule has 1 aromatic rings. The lowest BCUT2D eigenvalue weighted by atomic mass is 10.1. The largest absolute Gasteiger partial charge is 0.333 e. The third-order valence-corrected chi connectivity index (χ3v) is 3.12. The van der Waals surface area contributed by atoms with E-state index in [0.29, 0.717) is 18.8 Å². The van der Waals surface area contributed by atoms with Crippen molar-refractivity contribution in [2.24, 2.45) is 5.73 Å². The summed E-state index contributed by atoms with van der Waals surface area (Å²) in [6.07, 6.45) is 1.88. The van der Waals surface area contributed by atoms with Crippen LogP contribution in [0.4, 0.5) is 0 Å². The van der Waals surface area contributed by atoms with Crippen LogP contribution in [0.1, 0.15) is 42.9 Å². The van der Waals surface area contributed by atoms with Gasteiger partial charge in [0.25, 0.3) is 5.91 Å². The first-order valence-corrected chi connectivity index (χ1v) is 6.58. The molecule has 0 fully saturated rings. The zero-order chi connectivity index (χ0) is 13.5. The van der Waals surface area contributed by atoms with Crippen LogP contribution in [-0.4, -0.2) is 34.9 Å². The summed E-state index contributed by atoms with van der Waals surface area (Å²) in [5.74, 6) is -0.0159. The van der Waals surface area contributed by atoms with Crippen LogP contribution in [0.15, 0.2) is 18.2 Å². The van der Waals surface area contributed by atoms with Gasteiger partial charge in [0.1, 0.15) is 5.69 Å². The highest BCUT2D eigenvalue weighted by molar-refractivity contribution is 5.92. The molecule has 0 bridgehead atoms. The molecule has 4 nitrogen and oxygen atoms in total. The minimum absolute atomic E-state index is 0.0159. The number of carbonyl (C=O) groups excluding carboxylic acids is 1. The molecule has 0 saturated heterocycles. The van der Waals surface area contributed by atoms with Crippen LogP contribution in [0.2, 0.25) is 0 Å². The van der Waals surface area contributed by atoms with Gasteiger partial charge in [-0.1, -0.05) is 19.9 Å². The molecule has 0 aliphatic carbocycles. The van der Waals surface area contributed by atoms with E-state index < -0.39 is 0 Å². The van der Waals surface area contributed by atoms with Crippen LogP contribution in [0.5, 0.6) is 0 Å². The SMILES string of the molecule is CCC(CC)N(CCN)C(=O)c1cccc(C)n1. The van der Waals surface area contributed by atoms with Gasteiger partial charge in [0.2, 0.25) is 0 Å². The Kier molecular flexibility index (Phi) is 5.78. The molecule has 1 rings (SSSR count). The second-order valence-electron chi connectivity index (χ2n) is 4.42. The topological polar surface area (TPSA) is 59.2 Å². The predicted octanol–water partition coefficient (Wildman–Crippen LogP) is 1.98. The molecule has 18 heavy (non-hydrogen) atoms. The van der Waals surface area contributed by atoms with Crippen molar-refractivity contribution < 1.29 is 4.79 Å². The lowest BCUT2D eigenvalue weighted by Gasteiger charge is -2.30. The van der Waals surface area contributed by atoms with Gasteiger partial charge < -0.3 is 10.6 Å². The van der Waals surface area contributed by atoms with E-state index in [1.165, 1.54) is 0 Å². The number of carbonyl (C=O) groups is 1. The van der Waals surface area contributed by atoms with Crippen LogP contribution in [0.3, 0.4) is 0 Å². The lowest BCUT2D eigenvalue weighted by Crippen LogP contribution is -2.43. The Morgan fingerprint density at radius 3 is 2.56 bits per heavy atom. The number of hydrogen-bond donors (Lipinski definition) is 1. The van der Waals surface area contributed by atoms with Gasteiger partial charge >= 0.3 is 0 Å². The number of nitrogens with two attached hydrogens (primary N) is 1. The van der Waals surface area contributed by atoms with Crippen LogP contribution in [0, 0.1) is 6.92 Å². The Labute approximate surface area is 109 Å². The molecule has 0 saturated carbocycles. The Balaban J connectivity index is 2.95. The van der Waals surface area contributed by atoms with Crippen molar-refractivity contribution in [2.45, 2.75) is 39.7 Å². The summed E-state index contributed by atoms with van der Waals surface area (Å²) in [5.41, 5.74) is 6.98. The molecule has 2 N–H and O–H groups in total. The molecule has 0 atom stereocenters. The van der Waals surface area contributed by atoms with Crippen molar-refractivity contribution in [3.8, 4) is 0 Å². The highest BCUT2D eigenvalue weighted by Gasteiger charge is 2.22. The number of pyridine rings is 1. The van der Waals surface area contributed by atoms with Crippen LogP contribution in [0.25, 0.3) is 0 Å². The van der Waals surface area contributed by atoms with E-state index in [9.17, 15) is 4.79 Å². The summed E-state index contributed by atoms with van der Waals surface area (Å²) in [6, 6.07) is 5.76. The van der Waals surface area contributed by atoms with Crippen molar-refractivity contribution in [2.75, 3.05) is 13.1 Å². The second kappa shape index (κ2) is 7.11. The summed E-state index contributed by atoms with van der Waals surface area (Å²) < 4.78 is 0. The van der Waals surface area contributed by atoms with Crippen LogP contribution >= 0.6 is 0 Å². The maximum atomic E-state index is 12.5. The quantitative estimate of drug-likeness (QED) is 0.838. The molecule has 0 aliphatic rings. The smallest absolute Gasteiger partial charge is 0.272 e. The summed E-state index contributed by atoms with van der Waals surface area (Å²) in [7, 11) is 0. The van der Waals surface area contributed by atoms with E-state index in [2.05, 4.69) is 18.8 Å². The first kappa shape index (κ1) is 14.6. The standard InChI is InChI=1S/C14H23N3O/c1-4-12(5-2)17(10-9-15)14(18)13-8-6-7-11(3)16-13/h6-8,12H,4-5,9-10,15H2,1-3H3. The molecule has 1 heterocycles. The number of amides is 1. The zero-order valence-corrected chi connectivity index (χ0v) is 11.5. The predicted molar refractivity (Wildman–Crippen MR) is 73.4 cm³/mol. The number of rotatable bonds is 6. The van der Waals surface area contributed by atoms with Gasteiger partial charge in [-0.05, 0) is 31.9 Å². The molecule has 1 amide bonds. The summed E-state index contributed by atoms with van der Waals surface area (Å²) in [5, 5.41) is 0. The number of aryl methyl sites for hydroxylation is 1. The normalized spacial score (nSPS) is 10.7. The summed E-state index contributed by atoms with van der Waals surface area (Å²) in [4.78, 5) is 18.6. The molecule has 0 aromatic carbocycles. The fraction of sp³-hybridized carbons (Fsp3) is 0.571. The van der Waals surface area contributed by atoms with Crippen molar-refractivity contribution in [3.05, 3.63) is 29.6 Å². The van der Waals surface area contributed by atoms with Gasteiger partial charge in [0.05, 0.1) is 0 Å². The number of aromatic nitrogens is 1. The summed E-state index contributed by atoms with van der Waals surface area (Å²) >= 11 is 0. The summed E-state index contributed by atoms with van der Waals surface area (Å²) in [6.45, 7) is 7.14. The minimum atomic E-state index is -0.0159. The first-order chi connectivity index (χ1) is 8.63. The Bertz CT molecular complexity index is 388. The second-order valence-corrected chi connectivity index (χ2v) is 4.42. The molecular formula is C14H23N3O. The minimum Gasteiger partial charge on any atom is -0.333 e. The van der Waals surface area contributed by atoms with Crippen LogP contribution < -0.4 is 5.73 Å². The van der Waals surface area contributed by atoms with E-state index in [1.54, 1.807) is 6.07 Å². The average Bonchev–Trinajstić information content (AvgIpc) is 2.38. The maximum Gasteiger partial charge on any atom is 0.272 e. The van der Waals surface area contributed by atoms with Crippen molar-refractivity contribution in [1.82, 2.24) is 9.88 Å². The first-order valence-electron chi connectivity index (χ1n) is 6.58.